The van der Waals surface area contributed by atoms with E-state index >= 15 is 0 Å². The van der Waals surface area contributed by atoms with E-state index in [1.165, 1.54) is 5.56 Å². The lowest BCUT2D eigenvalue weighted by molar-refractivity contribution is -0.133. The van der Waals surface area contributed by atoms with E-state index in [2.05, 4.69) is 45.6 Å². The van der Waals surface area contributed by atoms with Gasteiger partial charge in [0.15, 0.2) is 5.96 Å². The summed E-state index contributed by atoms with van der Waals surface area (Å²) in [5, 5.41) is 6.75. The van der Waals surface area contributed by atoms with Gasteiger partial charge in [0.05, 0.1) is 12.1 Å². The highest BCUT2D eigenvalue weighted by molar-refractivity contribution is 5.81. The van der Waals surface area contributed by atoms with Gasteiger partial charge >= 0.3 is 0 Å². The first-order valence-electron chi connectivity index (χ1n) is 11.0. The number of ether oxygens (including phenoxy) is 1. The third-order valence-electron chi connectivity index (χ3n) is 5.26. The van der Waals surface area contributed by atoms with E-state index in [0.29, 0.717) is 6.54 Å². The van der Waals surface area contributed by atoms with E-state index in [1.807, 2.05) is 27.9 Å². The third kappa shape index (κ3) is 7.20. The van der Waals surface area contributed by atoms with Crippen LogP contribution in [0.25, 0.3) is 0 Å². The van der Waals surface area contributed by atoms with Crippen molar-refractivity contribution in [3.05, 3.63) is 29.3 Å². The molecule has 0 saturated carbocycles. The predicted molar refractivity (Wildman–Crippen MR) is 123 cm³/mol. The molecule has 0 bridgehead atoms. The molecule has 1 aliphatic heterocycles. The van der Waals surface area contributed by atoms with E-state index in [9.17, 15) is 4.79 Å². The summed E-state index contributed by atoms with van der Waals surface area (Å²) in [6.07, 6.45) is 3.16. The van der Waals surface area contributed by atoms with Crippen molar-refractivity contribution in [3.63, 3.8) is 0 Å². The van der Waals surface area contributed by atoms with Crippen LogP contribution in [-0.4, -0.2) is 74.6 Å². The fourth-order valence-corrected chi connectivity index (χ4v) is 3.73. The number of likely N-dealkylation sites (tertiary alicyclic amines) is 1. The largest absolute Gasteiger partial charge is 0.491 e. The van der Waals surface area contributed by atoms with Gasteiger partial charge in [-0.3, -0.25) is 14.7 Å². The molecule has 1 atom stereocenters. The van der Waals surface area contributed by atoms with Crippen molar-refractivity contribution in [2.45, 2.75) is 58.7 Å². The molecule has 1 aromatic carbocycles. The fraction of sp³-hybridized carbons (Fsp3) is 0.652. The van der Waals surface area contributed by atoms with Crippen molar-refractivity contribution < 1.29 is 9.53 Å². The van der Waals surface area contributed by atoms with Crippen LogP contribution in [0, 0.1) is 6.92 Å². The zero-order chi connectivity index (χ0) is 22.1. The molecule has 168 valence electrons. The lowest BCUT2D eigenvalue weighted by Crippen LogP contribution is -2.44. The number of aryl methyl sites for hydroxylation is 1. The highest BCUT2D eigenvalue weighted by atomic mass is 16.5. The summed E-state index contributed by atoms with van der Waals surface area (Å²) in [4.78, 5) is 20.6. The number of hydrogen-bond acceptors (Lipinski definition) is 4. The second-order valence-corrected chi connectivity index (χ2v) is 8.41. The standard InChI is InChI=1S/C23H39N5O2/c1-17(2)30-21-15-18(3)10-11-19(21)16-26-23(24-4)25-12-8-14-28-13-7-9-20(28)22(29)27(5)6/h10-11,15,17,20H,7-9,12-14,16H2,1-6H3,(H2,24,25,26). The van der Waals surface area contributed by atoms with E-state index in [0.717, 1.165) is 56.2 Å². The van der Waals surface area contributed by atoms with E-state index in [-0.39, 0.29) is 18.1 Å². The second-order valence-electron chi connectivity index (χ2n) is 8.41. The number of carbonyl (C=O) groups is 1. The molecule has 7 nitrogen and oxygen atoms in total. The highest BCUT2D eigenvalue weighted by Gasteiger charge is 2.30. The minimum Gasteiger partial charge on any atom is -0.491 e. The van der Waals surface area contributed by atoms with E-state index < -0.39 is 0 Å². The molecule has 1 heterocycles. The third-order valence-corrected chi connectivity index (χ3v) is 5.26. The number of hydrogen-bond donors (Lipinski definition) is 2. The van der Waals surface area contributed by atoms with Gasteiger partial charge in [-0.15, -0.1) is 0 Å². The first kappa shape index (κ1) is 24.0. The van der Waals surface area contributed by atoms with Crippen LogP contribution in [0.15, 0.2) is 23.2 Å². The van der Waals surface area contributed by atoms with Crippen LogP contribution in [0.2, 0.25) is 0 Å². The van der Waals surface area contributed by atoms with E-state index in [4.69, 9.17) is 4.74 Å². The zero-order valence-electron chi connectivity index (χ0n) is 19.5. The number of guanidine groups is 1. The summed E-state index contributed by atoms with van der Waals surface area (Å²) in [7, 11) is 5.45. The number of likely N-dealkylation sites (N-methyl/N-ethyl adjacent to an activating group) is 1. The van der Waals surface area contributed by atoms with Gasteiger partial charge < -0.3 is 20.3 Å². The Morgan fingerprint density at radius 2 is 2.10 bits per heavy atom. The predicted octanol–water partition coefficient (Wildman–Crippen LogP) is 2.39. The fourth-order valence-electron chi connectivity index (χ4n) is 3.73. The van der Waals surface area contributed by atoms with Gasteiger partial charge in [-0.25, -0.2) is 0 Å². The maximum Gasteiger partial charge on any atom is 0.239 e. The van der Waals surface area contributed by atoms with Gasteiger partial charge in [-0.2, -0.15) is 0 Å². The summed E-state index contributed by atoms with van der Waals surface area (Å²) in [6, 6.07) is 6.32. The number of nitrogens with zero attached hydrogens (tertiary/aromatic N) is 3. The molecule has 1 aromatic rings. The van der Waals surface area contributed by atoms with Crippen LogP contribution in [-0.2, 0) is 11.3 Å². The van der Waals surface area contributed by atoms with Crippen molar-refractivity contribution in [3.8, 4) is 5.75 Å². The van der Waals surface area contributed by atoms with Crippen LogP contribution >= 0.6 is 0 Å². The van der Waals surface area contributed by atoms with Gasteiger partial charge in [0.2, 0.25) is 5.91 Å². The summed E-state index contributed by atoms with van der Waals surface area (Å²) >= 11 is 0. The molecule has 0 aromatic heterocycles. The second kappa shape index (κ2) is 11.8. The maximum atomic E-state index is 12.3. The number of rotatable bonds is 9. The monoisotopic (exact) mass is 417 g/mol. The molecule has 0 aliphatic carbocycles. The van der Waals surface area contributed by atoms with Gasteiger partial charge in [0.1, 0.15) is 5.75 Å². The first-order valence-corrected chi connectivity index (χ1v) is 11.0. The summed E-state index contributed by atoms with van der Waals surface area (Å²) in [6.45, 7) is 9.52. The molecule has 1 amide bonds. The maximum absolute atomic E-state index is 12.3. The molecule has 1 saturated heterocycles. The van der Waals surface area contributed by atoms with Crippen LogP contribution in [0.3, 0.4) is 0 Å². The van der Waals surface area contributed by atoms with Gasteiger partial charge in [-0.05, 0) is 58.2 Å². The molecule has 0 radical (unpaired) electrons. The van der Waals surface area contributed by atoms with Crippen molar-refractivity contribution in [1.82, 2.24) is 20.4 Å². The normalized spacial score (nSPS) is 17.3. The summed E-state index contributed by atoms with van der Waals surface area (Å²) < 4.78 is 5.96. The molecule has 2 rings (SSSR count). The average Bonchev–Trinajstić information content (AvgIpc) is 3.15. The summed E-state index contributed by atoms with van der Waals surface area (Å²) in [5.74, 6) is 1.91. The summed E-state index contributed by atoms with van der Waals surface area (Å²) in [5.41, 5.74) is 2.30. The highest BCUT2D eigenvalue weighted by Crippen LogP contribution is 2.21. The lowest BCUT2D eigenvalue weighted by atomic mass is 10.1. The number of amides is 1. The van der Waals surface area contributed by atoms with Crippen molar-refractivity contribution in [2.75, 3.05) is 40.8 Å². The minimum absolute atomic E-state index is 0.0401. The van der Waals surface area contributed by atoms with Gasteiger partial charge in [-0.1, -0.05) is 12.1 Å². The number of aliphatic imine (C=N–C) groups is 1. The Kier molecular flexibility index (Phi) is 9.43. The smallest absolute Gasteiger partial charge is 0.239 e. The zero-order valence-corrected chi connectivity index (χ0v) is 19.5. The Morgan fingerprint density at radius 3 is 2.77 bits per heavy atom. The van der Waals surface area contributed by atoms with Crippen molar-refractivity contribution >= 4 is 11.9 Å². The SMILES string of the molecule is CN=C(NCCCN1CCCC1C(=O)N(C)C)NCc1ccc(C)cc1OC(C)C. The molecule has 7 heteroatoms. The molecule has 2 N–H and O–H groups in total. The quantitative estimate of drug-likeness (QED) is 0.367. The molecular formula is C23H39N5O2. The molecule has 1 fully saturated rings. The van der Waals surface area contributed by atoms with Crippen LogP contribution in [0.1, 0.15) is 44.2 Å². The molecule has 0 spiro atoms. The molecule has 30 heavy (non-hydrogen) atoms. The molecule has 1 unspecified atom stereocenters. The Balaban J connectivity index is 1.79. The Labute approximate surface area is 181 Å². The van der Waals surface area contributed by atoms with Crippen LogP contribution < -0.4 is 15.4 Å². The number of benzene rings is 1. The Hall–Kier alpha value is -2.28. The molecule has 1 aliphatic rings. The van der Waals surface area contributed by atoms with Crippen LogP contribution in [0.4, 0.5) is 0 Å². The van der Waals surface area contributed by atoms with Gasteiger partial charge in [0.25, 0.3) is 0 Å². The minimum atomic E-state index is 0.0401. The van der Waals surface area contributed by atoms with Crippen LogP contribution in [0.5, 0.6) is 5.75 Å². The first-order chi connectivity index (χ1) is 14.3. The topological polar surface area (TPSA) is 69.2 Å². The molecular weight excluding hydrogens is 378 g/mol. The van der Waals surface area contributed by atoms with E-state index in [1.54, 1.807) is 11.9 Å². The Bertz CT molecular complexity index is 718. The van der Waals surface area contributed by atoms with Gasteiger partial charge in [0, 0.05) is 46.3 Å². The average molecular weight is 418 g/mol. The lowest BCUT2D eigenvalue weighted by Gasteiger charge is -2.26. The van der Waals surface area contributed by atoms with Crippen molar-refractivity contribution in [1.29, 1.82) is 0 Å². The number of carbonyl (C=O) groups excluding carboxylic acids is 1. The van der Waals surface area contributed by atoms with Crippen molar-refractivity contribution in [2.24, 2.45) is 4.99 Å². The Morgan fingerprint density at radius 1 is 1.33 bits per heavy atom. The number of nitrogens with one attached hydrogen (secondary N) is 2.